The lowest BCUT2D eigenvalue weighted by Crippen LogP contribution is -2.65. The highest BCUT2D eigenvalue weighted by atomic mass is 16.7. The Labute approximate surface area is 296 Å². The quantitative estimate of drug-likeness (QED) is 0.272. The van der Waals surface area contributed by atoms with Crippen LogP contribution in [-0.2, 0) is 25.3 Å². The predicted molar refractivity (Wildman–Crippen MR) is 190 cm³/mol. The number of urea groups is 1. The monoisotopic (exact) mass is 685 g/mol. The number of fused-ring (bicyclic) bond motifs is 1. The van der Waals surface area contributed by atoms with Crippen molar-refractivity contribution >= 4 is 30.0 Å². The number of carbonyl (C=O) groups excluding carboxylic acids is 2. The van der Waals surface area contributed by atoms with E-state index in [1.807, 2.05) is 30.3 Å². The molecule has 3 amide bonds. The lowest BCUT2D eigenvalue weighted by molar-refractivity contribution is -0.199. The average molecular weight is 686 g/mol. The lowest BCUT2D eigenvalue weighted by Gasteiger charge is -2.64. The Morgan fingerprint density at radius 1 is 1.16 bits per heavy atom. The van der Waals surface area contributed by atoms with E-state index in [2.05, 4.69) is 56.2 Å². The molecule has 50 heavy (non-hydrogen) atoms. The topological polar surface area (TPSA) is 129 Å². The SMILES string of the molecule is CC1(C)[C@@H]2C[C@H]3OB([C@H](Cc4coc5ccccc45)NC(=O)NC[C@H]4CCCN4C(=O)C(C#N)/C=C/C(C)(C)N4CCOCC4)O[C@@]3(C)[C@H]1C2. The van der Waals surface area contributed by atoms with E-state index in [0.717, 1.165) is 55.3 Å². The van der Waals surface area contributed by atoms with Gasteiger partial charge in [0.05, 0.1) is 43.2 Å². The molecule has 2 bridgehead atoms. The standard InChI is InChI=1S/C38H52BN5O6/c1-36(2,43-15-17-47-18-16-43)13-12-25(22-40)34(45)44-14-8-9-28(44)23-41-35(46)42-33(19-26-24-48-30-11-7-6-10-29(26)30)39-49-32-21-27-20-31(37(27,3)4)38(32,5)50-39/h6-7,10-13,24-25,27-28,31-33H,8-9,14-21,23H2,1-5H3,(H2,41,42,46)/b13-12+/t25?,27-,28+,31-,32+,33-,38-/m0/s1. The molecule has 3 saturated carbocycles. The summed E-state index contributed by atoms with van der Waals surface area (Å²) in [5.74, 6) is -0.568. The number of furan rings is 1. The van der Waals surface area contributed by atoms with Crippen LogP contribution < -0.4 is 10.6 Å². The molecular formula is C38H52BN5O6. The molecule has 2 N–H and O–H groups in total. The Kier molecular flexibility index (Phi) is 9.56. The van der Waals surface area contributed by atoms with Crippen molar-refractivity contribution in [3.05, 3.63) is 48.2 Å². The van der Waals surface area contributed by atoms with Crippen molar-refractivity contribution in [2.24, 2.45) is 23.2 Å². The second-order valence-electron chi connectivity index (χ2n) is 16.3. The molecule has 2 aromatic rings. The highest BCUT2D eigenvalue weighted by Crippen LogP contribution is 2.65. The summed E-state index contributed by atoms with van der Waals surface area (Å²) in [6.45, 7) is 14.9. The van der Waals surface area contributed by atoms with Gasteiger partial charge < -0.3 is 34.0 Å². The van der Waals surface area contributed by atoms with E-state index in [9.17, 15) is 14.9 Å². The Morgan fingerprint density at radius 3 is 2.70 bits per heavy atom. The van der Waals surface area contributed by atoms with Gasteiger partial charge in [-0.2, -0.15) is 5.26 Å². The minimum absolute atomic E-state index is 0.0163. The number of ether oxygens (including phenoxy) is 1. The van der Waals surface area contributed by atoms with Crippen LogP contribution in [0.25, 0.3) is 11.0 Å². The number of nitrogens with zero attached hydrogens (tertiary/aromatic N) is 3. The second kappa shape index (κ2) is 13.6. The van der Waals surface area contributed by atoms with Crippen molar-refractivity contribution in [2.45, 2.75) is 95.9 Å². The number of morpholine rings is 1. The Morgan fingerprint density at radius 2 is 1.94 bits per heavy atom. The van der Waals surface area contributed by atoms with Crippen molar-refractivity contribution < 1.29 is 28.1 Å². The number of carbonyl (C=O) groups is 2. The zero-order valence-corrected chi connectivity index (χ0v) is 30.2. The second-order valence-corrected chi connectivity index (χ2v) is 16.3. The normalized spacial score (nSPS) is 30.5. The molecule has 6 fully saturated rings. The molecule has 11 nitrogen and oxygen atoms in total. The molecular weight excluding hydrogens is 633 g/mol. The van der Waals surface area contributed by atoms with Gasteiger partial charge in [0.25, 0.3) is 0 Å². The summed E-state index contributed by atoms with van der Waals surface area (Å²) in [5.41, 5.74) is 1.26. The van der Waals surface area contributed by atoms with E-state index < -0.39 is 24.6 Å². The maximum absolute atomic E-state index is 13.6. The average Bonchev–Trinajstić information content (AvgIpc) is 3.84. The minimum Gasteiger partial charge on any atom is -0.464 e. The van der Waals surface area contributed by atoms with E-state index in [4.69, 9.17) is 18.5 Å². The first-order valence-corrected chi connectivity index (χ1v) is 18.5. The van der Waals surface area contributed by atoms with Crippen LogP contribution in [0.3, 0.4) is 0 Å². The largest absolute Gasteiger partial charge is 0.482 e. The summed E-state index contributed by atoms with van der Waals surface area (Å²) in [4.78, 5) is 31.3. The summed E-state index contributed by atoms with van der Waals surface area (Å²) in [5, 5.41) is 17.2. The molecule has 1 unspecified atom stereocenters. The smallest absolute Gasteiger partial charge is 0.464 e. The van der Waals surface area contributed by atoms with Gasteiger partial charge in [-0.25, -0.2) is 4.79 Å². The van der Waals surface area contributed by atoms with Gasteiger partial charge in [-0.05, 0) is 81.8 Å². The molecule has 12 heteroatoms. The number of likely N-dealkylation sites (tertiary alicyclic amines) is 1. The molecule has 7 atom stereocenters. The first kappa shape index (κ1) is 35.1. The molecule has 1 aromatic heterocycles. The third kappa shape index (κ3) is 6.47. The van der Waals surface area contributed by atoms with Crippen LogP contribution in [0, 0.1) is 34.5 Å². The number of benzene rings is 1. The molecule has 0 spiro atoms. The van der Waals surface area contributed by atoms with Gasteiger partial charge in [0.2, 0.25) is 5.91 Å². The van der Waals surface area contributed by atoms with Crippen molar-refractivity contribution in [2.75, 3.05) is 39.4 Å². The van der Waals surface area contributed by atoms with E-state index in [1.165, 1.54) is 0 Å². The molecule has 268 valence electrons. The molecule has 0 radical (unpaired) electrons. The summed E-state index contributed by atoms with van der Waals surface area (Å²) in [6, 6.07) is 9.56. The van der Waals surface area contributed by atoms with Gasteiger partial charge in [-0.3, -0.25) is 9.69 Å². The minimum atomic E-state index is -0.892. The molecule has 1 aromatic carbocycles. The number of nitriles is 1. The Bertz CT molecular complexity index is 1650. The van der Waals surface area contributed by atoms with E-state index in [0.29, 0.717) is 38.0 Å². The number of hydrogen-bond donors (Lipinski definition) is 2. The highest BCUT2D eigenvalue weighted by molar-refractivity contribution is 6.48. The molecule has 3 saturated heterocycles. The molecule has 4 heterocycles. The molecule has 3 aliphatic carbocycles. The van der Waals surface area contributed by atoms with E-state index in [1.54, 1.807) is 17.2 Å². The summed E-state index contributed by atoms with van der Waals surface area (Å²) in [6.07, 6.45) is 9.60. The van der Waals surface area contributed by atoms with E-state index in [-0.39, 0.29) is 41.6 Å². The Balaban J connectivity index is 1.01. The number of nitrogens with one attached hydrogen (secondary N) is 2. The third-order valence-electron chi connectivity index (χ3n) is 12.7. The van der Waals surface area contributed by atoms with Crippen LogP contribution in [0.15, 0.2) is 47.1 Å². The third-order valence-corrected chi connectivity index (χ3v) is 12.7. The first-order valence-electron chi connectivity index (χ1n) is 18.5. The van der Waals surface area contributed by atoms with Crippen molar-refractivity contribution in [1.29, 1.82) is 5.26 Å². The van der Waals surface area contributed by atoms with Crippen LogP contribution in [-0.4, -0.2) is 97.5 Å². The highest BCUT2D eigenvalue weighted by Gasteiger charge is 2.68. The van der Waals surface area contributed by atoms with Crippen LogP contribution in [0.1, 0.15) is 65.9 Å². The number of para-hydroxylation sites is 1. The fourth-order valence-electron chi connectivity index (χ4n) is 9.42. The van der Waals surface area contributed by atoms with Gasteiger partial charge in [0, 0.05) is 43.1 Å². The van der Waals surface area contributed by atoms with Crippen molar-refractivity contribution in [1.82, 2.24) is 20.4 Å². The van der Waals surface area contributed by atoms with Crippen molar-refractivity contribution in [3.63, 3.8) is 0 Å². The fraction of sp³-hybridized carbons (Fsp3) is 0.658. The summed E-state index contributed by atoms with van der Waals surface area (Å²) >= 11 is 0. The van der Waals surface area contributed by atoms with Gasteiger partial charge >= 0.3 is 13.1 Å². The van der Waals surface area contributed by atoms with Crippen LogP contribution in [0.2, 0.25) is 0 Å². The van der Waals surface area contributed by atoms with Crippen LogP contribution >= 0.6 is 0 Å². The number of rotatable bonds is 10. The van der Waals surface area contributed by atoms with Crippen LogP contribution in [0.4, 0.5) is 4.79 Å². The van der Waals surface area contributed by atoms with Gasteiger partial charge in [0.1, 0.15) is 11.5 Å². The van der Waals surface area contributed by atoms with Gasteiger partial charge in [-0.1, -0.05) is 44.2 Å². The predicted octanol–water partition coefficient (Wildman–Crippen LogP) is 4.71. The zero-order chi connectivity index (χ0) is 35.3. The van der Waals surface area contributed by atoms with Crippen LogP contribution in [0.5, 0.6) is 0 Å². The molecule has 8 rings (SSSR count). The summed E-state index contributed by atoms with van der Waals surface area (Å²) < 4.78 is 24.8. The fourth-order valence-corrected chi connectivity index (χ4v) is 9.42. The maximum atomic E-state index is 13.6. The first-order chi connectivity index (χ1) is 23.9. The number of amides is 3. The van der Waals surface area contributed by atoms with Gasteiger partial charge in [-0.15, -0.1) is 0 Å². The maximum Gasteiger partial charge on any atom is 0.482 e. The molecule has 3 aliphatic heterocycles. The summed E-state index contributed by atoms with van der Waals surface area (Å²) in [7, 11) is -0.617. The number of hydrogen-bond acceptors (Lipinski definition) is 8. The van der Waals surface area contributed by atoms with Crippen molar-refractivity contribution in [3.8, 4) is 6.07 Å². The zero-order valence-electron chi connectivity index (χ0n) is 30.2. The lowest BCUT2D eigenvalue weighted by atomic mass is 9.43. The molecule has 6 aliphatic rings. The van der Waals surface area contributed by atoms with E-state index >= 15 is 0 Å². The van der Waals surface area contributed by atoms with Gasteiger partial charge in [0.15, 0.2) is 0 Å². The Hall–Kier alpha value is -3.37.